The molecule has 1 aliphatic rings. The number of methoxy groups -OCH3 is 1. The standard InChI is InChI=1S/C15H18O3/c1-11-9-14(18-15(16)10-11)8-5-12-3-6-13(17-2)7-4-12/h3-4,6-7,10,14H,5,8-9H2,1-2H3. The molecule has 0 fully saturated rings. The molecular formula is C15H18O3. The molecule has 0 bridgehead atoms. The number of benzene rings is 1. The Morgan fingerprint density at radius 3 is 2.67 bits per heavy atom. The van der Waals surface area contributed by atoms with Crippen molar-refractivity contribution in [1.82, 2.24) is 0 Å². The van der Waals surface area contributed by atoms with Gasteiger partial charge in [-0.25, -0.2) is 4.79 Å². The normalized spacial score (nSPS) is 19.1. The van der Waals surface area contributed by atoms with Gasteiger partial charge in [0.1, 0.15) is 11.9 Å². The first-order valence-electron chi connectivity index (χ1n) is 6.18. The largest absolute Gasteiger partial charge is 0.497 e. The van der Waals surface area contributed by atoms with Crippen LogP contribution in [0.1, 0.15) is 25.3 Å². The van der Waals surface area contributed by atoms with Crippen molar-refractivity contribution in [3.8, 4) is 5.75 Å². The SMILES string of the molecule is COc1ccc(CCC2CC(C)=CC(=O)O2)cc1. The molecule has 0 amide bonds. The molecule has 1 aliphatic heterocycles. The highest BCUT2D eigenvalue weighted by atomic mass is 16.5. The number of esters is 1. The van der Waals surface area contributed by atoms with E-state index in [0.717, 1.165) is 30.6 Å². The molecule has 0 radical (unpaired) electrons. The number of rotatable bonds is 4. The fourth-order valence-corrected chi connectivity index (χ4v) is 2.14. The molecule has 96 valence electrons. The van der Waals surface area contributed by atoms with Crippen molar-refractivity contribution in [2.75, 3.05) is 7.11 Å². The van der Waals surface area contributed by atoms with E-state index < -0.39 is 0 Å². The minimum absolute atomic E-state index is 0.0181. The van der Waals surface area contributed by atoms with Crippen LogP contribution in [0.4, 0.5) is 0 Å². The number of cyclic esters (lactones) is 1. The Kier molecular flexibility index (Phi) is 4.03. The van der Waals surface area contributed by atoms with E-state index in [1.807, 2.05) is 31.2 Å². The average Bonchev–Trinajstić information content (AvgIpc) is 2.36. The molecule has 1 aromatic carbocycles. The zero-order chi connectivity index (χ0) is 13.0. The summed E-state index contributed by atoms with van der Waals surface area (Å²) in [6, 6.07) is 8.00. The lowest BCUT2D eigenvalue weighted by atomic mass is 10.00. The zero-order valence-corrected chi connectivity index (χ0v) is 10.8. The minimum atomic E-state index is -0.210. The van der Waals surface area contributed by atoms with E-state index >= 15 is 0 Å². The highest BCUT2D eigenvalue weighted by Gasteiger charge is 2.18. The summed E-state index contributed by atoms with van der Waals surface area (Å²) in [6.07, 6.45) is 4.22. The Morgan fingerprint density at radius 2 is 2.06 bits per heavy atom. The lowest BCUT2D eigenvalue weighted by Crippen LogP contribution is -2.22. The quantitative estimate of drug-likeness (QED) is 0.766. The molecule has 1 heterocycles. The highest BCUT2D eigenvalue weighted by molar-refractivity contribution is 5.83. The van der Waals surface area contributed by atoms with Crippen LogP contribution < -0.4 is 4.74 Å². The van der Waals surface area contributed by atoms with Gasteiger partial charge in [0.25, 0.3) is 0 Å². The molecule has 0 aromatic heterocycles. The summed E-state index contributed by atoms with van der Waals surface area (Å²) in [5, 5.41) is 0. The first kappa shape index (κ1) is 12.7. The van der Waals surface area contributed by atoms with Crippen molar-refractivity contribution in [1.29, 1.82) is 0 Å². The van der Waals surface area contributed by atoms with Gasteiger partial charge in [0, 0.05) is 12.5 Å². The van der Waals surface area contributed by atoms with Gasteiger partial charge < -0.3 is 9.47 Å². The summed E-state index contributed by atoms with van der Waals surface area (Å²) in [5.74, 6) is 0.653. The van der Waals surface area contributed by atoms with Gasteiger partial charge in [-0.15, -0.1) is 0 Å². The van der Waals surface area contributed by atoms with Gasteiger partial charge in [0.05, 0.1) is 7.11 Å². The first-order chi connectivity index (χ1) is 8.67. The van der Waals surface area contributed by atoms with Gasteiger partial charge in [0.2, 0.25) is 0 Å². The van der Waals surface area contributed by atoms with Crippen molar-refractivity contribution in [2.45, 2.75) is 32.3 Å². The zero-order valence-electron chi connectivity index (χ0n) is 10.8. The Morgan fingerprint density at radius 1 is 1.33 bits per heavy atom. The number of carbonyl (C=O) groups is 1. The smallest absolute Gasteiger partial charge is 0.330 e. The molecule has 0 N–H and O–H groups in total. The fraction of sp³-hybridized carbons (Fsp3) is 0.400. The predicted octanol–water partition coefficient (Wildman–Crippen LogP) is 2.89. The van der Waals surface area contributed by atoms with Crippen LogP contribution in [0.15, 0.2) is 35.9 Å². The molecule has 0 aliphatic carbocycles. The van der Waals surface area contributed by atoms with Crippen molar-refractivity contribution >= 4 is 5.97 Å². The third kappa shape index (κ3) is 3.36. The van der Waals surface area contributed by atoms with Gasteiger partial charge in [-0.05, 0) is 37.5 Å². The third-order valence-electron chi connectivity index (χ3n) is 3.11. The fourth-order valence-electron chi connectivity index (χ4n) is 2.14. The molecule has 0 saturated heterocycles. The molecular weight excluding hydrogens is 228 g/mol. The maximum Gasteiger partial charge on any atom is 0.330 e. The van der Waals surface area contributed by atoms with Crippen LogP contribution in [-0.2, 0) is 16.0 Å². The number of ether oxygens (including phenoxy) is 2. The summed E-state index contributed by atoms with van der Waals surface area (Å²) in [7, 11) is 1.66. The number of aryl methyl sites for hydroxylation is 1. The molecule has 0 saturated carbocycles. The van der Waals surface area contributed by atoms with Crippen LogP contribution in [0.5, 0.6) is 5.75 Å². The van der Waals surface area contributed by atoms with Crippen molar-refractivity contribution in [2.24, 2.45) is 0 Å². The average molecular weight is 246 g/mol. The lowest BCUT2D eigenvalue weighted by Gasteiger charge is -2.21. The van der Waals surface area contributed by atoms with E-state index in [1.165, 1.54) is 5.56 Å². The maximum atomic E-state index is 11.3. The summed E-state index contributed by atoms with van der Waals surface area (Å²) >= 11 is 0. The maximum absolute atomic E-state index is 11.3. The van der Waals surface area contributed by atoms with Crippen molar-refractivity contribution < 1.29 is 14.3 Å². The van der Waals surface area contributed by atoms with E-state index in [1.54, 1.807) is 13.2 Å². The molecule has 0 spiro atoms. The van der Waals surface area contributed by atoms with Gasteiger partial charge in [0.15, 0.2) is 0 Å². The molecule has 3 heteroatoms. The molecule has 1 atom stereocenters. The summed E-state index contributed by atoms with van der Waals surface area (Å²) in [5.41, 5.74) is 2.34. The van der Waals surface area contributed by atoms with Crippen LogP contribution in [-0.4, -0.2) is 19.2 Å². The molecule has 3 nitrogen and oxygen atoms in total. The summed E-state index contributed by atoms with van der Waals surface area (Å²) in [6.45, 7) is 1.97. The number of hydrogen-bond acceptors (Lipinski definition) is 3. The molecule has 2 rings (SSSR count). The van der Waals surface area contributed by atoms with Gasteiger partial charge in [-0.2, -0.15) is 0 Å². The lowest BCUT2D eigenvalue weighted by molar-refractivity contribution is -0.144. The predicted molar refractivity (Wildman–Crippen MR) is 69.6 cm³/mol. The topological polar surface area (TPSA) is 35.5 Å². The van der Waals surface area contributed by atoms with E-state index in [0.29, 0.717) is 0 Å². The van der Waals surface area contributed by atoms with Gasteiger partial charge in [-0.1, -0.05) is 17.7 Å². The van der Waals surface area contributed by atoms with E-state index in [9.17, 15) is 4.79 Å². The van der Waals surface area contributed by atoms with Crippen LogP contribution >= 0.6 is 0 Å². The summed E-state index contributed by atoms with van der Waals surface area (Å²) < 4.78 is 10.4. The second kappa shape index (κ2) is 5.71. The van der Waals surface area contributed by atoms with Crippen molar-refractivity contribution in [3.63, 3.8) is 0 Å². The Labute approximate surface area is 107 Å². The molecule has 18 heavy (non-hydrogen) atoms. The monoisotopic (exact) mass is 246 g/mol. The highest BCUT2D eigenvalue weighted by Crippen LogP contribution is 2.20. The second-order valence-electron chi connectivity index (χ2n) is 4.64. The minimum Gasteiger partial charge on any atom is -0.497 e. The Balaban J connectivity index is 1.87. The van der Waals surface area contributed by atoms with Crippen LogP contribution in [0, 0.1) is 0 Å². The molecule has 1 aromatic rings. The summed E-state index contributed by atoms with van der Waals surface area (Å²) in [4.78, 5) is 11.3. The van der Waals surface area contributed by atoms with E-state index in [-0.39, 0.29) is 12.1 Å². The Hall–Kier alpha value is -1.77. The van der Waals surface area contributed by atoms with Gasteiger partial charge >= 0.3 is 5.97 Å². The third-order valence-corrected chi connectivity index (χ3v) is 3.11. The van der Waals surface area contributed by atoms with Crippen LogP contribution in [0.2, 0.25) is 0 Å². The van der Waals surface area contributed by atoms with Gasteiger partial charge in [-0.3, -0.25) is 0 Å². The first-order valence-corrected chi connectivity index (χ1v) is 6.18. The second-order valence-corrected chi connectivity index (χ2v) is 4.64. The van der Waals surface area contributed by atoms with E-state index in [4.69, 9.17) is 9.47 Å². The number of hydrogen-bond donors (Lipinski definition) is 0. The number of carbonyl (C=O) groups excluding carboxylic acids is 1. The van der Waals surface area contributed by atoms with Crippen molar-refractivity contribution in [3.05, 3.63) is 41.5 Å². The van der Waals surface area contributed by atoms with Crippen LogP contribution in [0.25, 0.3) is 0 Å². The molecule has 1 unspecified atom stereocenters. The van der Waals surface area contributed by atoms with E-state index in [2.05, 4.69) is 0 Å². The Bertz CT molecular complexity index is 445. The van der Waals surface area contributed by atoms with Crippen LogP contribution in [0.3, 0.4) is 0 Å².